The maximum absolute atomic E-state index is 11.7. The Morgan fingerprint density at radius 1 is 1.20 bits per heavy atom. The Balaban J connectivity index is 2.42. The summed E-state index contributed by atoms with van der Waals surface area (Å²) in [6.07, 6.45) is 2.40. The molecule has 1 aliphatic heterocycles. The highest BCUT2D eigenvalue weighted by Gasteiger charge is 2.52. The van der Waals surface area contributed by atoms with E-state index in [1.807, 2.05) is 27.7 Å². The zero-order chi connectivity index (χ0) is 15.3. The number of rotatable bonds is 2. The van der Waals surface area contributed by atoms with Crippen LogP contribution in [0, 0.1) is 0 Å². The first-order valence-electron chi connectivity index (χ1n) is 6.15. The highest BCUT2D eigenvalue weighted by molar-refractivity contribution is 7.90. The Morgan fingerprint density at radius 2 is 1.70 bits per heavy atom. The molecule has 0 aliphatic carbocycles. The minimum Gasteiger partial charge on any atom is -0.398 e. The fraction of sp³-hybridized carbons (Fsp3) is 0.583. The maximum Gasteiger partial charge on any atom is 0.514 e. The minimum atomic E-state index is -3.43. The highest BCUT2D eigenvalue weighted by Crippen LogP contribution is 2.36. The molecule has 5 nitrogen and oxygen atoms in total. The Labute approximate surface area is 124 Å². The van der Waals surface area contributed by atoms with Gasteiger partial charge in [-0.1, -0.05) is 11.6 Å². The average Bonchev–Trinajstić information content (AvgIpc) is 2.47. The van der Waals surface area contributed by atoms with E-state index in [9.17, 15) is 8.42 Å². The van der Waals surface area contributed by atoms with Crippen LogP contribution in [0.1, 0.15) is 27.7 Å². The molecule has 0 aromatic carbocycles. The largest absolute Gasteiger partial charge is 0.514 e. The molecular weight excluding hydrogens is 300 g/mol. The van der Waals surface area contributed by atoms with Gasteiger partial charge in [0.2, 0.25) is 0 Å². The molecule has 1 aliphatic rings. The van der Waals surface area contributed by atoms with Gasteiger partial charge in [0, 0.05) is 12.5 Å². The molecule has 8 heteroatoms. The summed E-state index contributed by atoms with van der Waals surface area (Å²) in [6.45, 7) is 7.67. The van der Waals surface area contributed by atoms with Crippen molar-refractivity contribution < 1.29 is 17.7 Å². The van der Waals surface area contributed by atoms with Crippen molar-refractivity contribution in [2.24, 2.45) is 0 Å². The molecule has 0 spiro atoms. The number of pyridine rings is 1. The summed E-state index contributed by atoms with van der Waals surface area (Å²) < 4.78 is 35.0. The molecule has 0 atom stereocenters. The van der Waals surface area contributed by atoms with Gasteiger partial charge in [-0.05, 0) is 33.8 Å². The topological polar surface area (TPSA) is 65.5 Å². The third-order valence-electron chi connectivity index (χ3n) is 3.74. The van der Waals surface area contributed by atoms with Crippen molar-refractivity contribution in [2.75, 3.05) is 6.26 Å². The summed E-state index contributed by atoms with van der Waals surface area (Å²) in [5.41, 5.74) is -0.623. The third kappa shape index (κ3) is 2.72. The average molecular weight is 318 g/mol. The predicted molar refractivity (Wildman–Crippen MR) is 78.1 cm³/mol. The number of sulfone groups is 1. The van der Waals surface area contributed by atoms with E-state index in [-0.39, 0.29) is 9.92 Å². The van der Waals surface area contributed by atoms with Crippen LogP contribution in [0.3, 0.4) is 0 Å². The quantitative estimate of drug-likeness (QED) is 0.772. The standard InChI is InChI=1S/C12H17BClNO4S/c1-11(2)12(3,4)19-13(18-11)10-6-9(20(5,16)17)8(14)7-15-10/h6-7H,1-5H3. The molecule has 0 N–H and O–H groups in total. The smallest absolute Gasteiger partial charge is 0.398 e. The Kier molecular flexibility index (Phi) is 3.70. The van der Waals surface area contributed by atoms with E-state index in [1.165, 1.54) is 12.3 Å². The van der Waals surface area contributed by atoms with E-state index in [1.54, 1.807) is 0 Å². The molecule has 2 heterocycles. The van der Waals surface area contributed by atoms with Crippen LogP contribution >= 0.6 is 11.6 Å². The summed E-state index contributed by atoms with van der Waals surface area (Å²) in [6, 6.07) is 1.40. The molecule has 0 bridgehead atoms. The summed E-state index contributed by atoms with van der Waals surface area (Å²) in [5, 5.41) is 0.0905. The minimum absolute atomic E-state index is 0.0267. The van der Waals surface area contributed by atoms with E-state index < -0.39 is 28.2 Å². The van der Waals surface area contributed by atoms with E-state index >= 15 is 0 Å². The van der Waals surface area contributed by atoms with Gasteiger partial charge in [0.05, 0.1) is 26.7 Å². The predicted octanol–water partition coefficient (Wildman–Crippen LogP) is 1.44. The molecule has 0 radical (unpaired) electrons. The highest BCUT2D eigenvalue weighted by atomic mass is 35.5. The molecule has 110 valence electrons. The first kappa shape index (κ1) is 15.8. The normalized spacial score (nSPS) is 21.2. The molecule has 0 amide bonds. The Hall–Kier alpha value is -0.625. The van der Waals surface area contributed by atoms with Crippen molar-refractivity contribution in [1.29, 1.82) is 0 Å². The molecule has 1 aromatic rings. The van der Waals surface area contributed by atoms with Gasteiger partial charge in [-0.2, -0.15) is 0 Å². The van der Waals surface area contributed by atoms with Crippen LogP contribution in [0.4, 0.5) is 0 Å². The zero-order valence-corrected chi connectivity index (χ0v) is 13.7. The number of hydrogen-bond acceptors (Lipinski definition) is 5. The van der Waals surface area contributed by atoms with Gasteiger partial charge in [-0.25, -0.2) is 8.42 Å². The first-order chi connectivity index (χ1) is 8.94. The van der Waals surface area contributed by atoms with Crippen LogP contribution in [0.25, 0.3) is 0 Å². The van der Waals surface area contributed by atoms with Crippen LogP contribution in [0.2, 0.25) is 5.02 Å². The lowest BCUT2D eigenvalue weighted by Crippen LogP contribution is -2.41. The molecule has 1 saturated heterocycles. The lowest BCUT2D eigenvalue weighted by Gasteiger charge is -2.32. The molecular formula is C12H17BClNO4S. The van der Waals surface area contributed by atoms with E-state index in [2.05, 4.69) is 4.98 Å². The van der Waals surface area contributed by atoms with Crippen LogP contribution in [-0.4, -0.2) is 38.0 Å². The van der Waals surface area contributed by atoms with Gasteiger partial charge < -0.3 is 9.31 Å². The second-order valence-electron chi connectivity index (χ2n) is 5.90. The van der Waals surface area contributed by atoms with Gasteiger partial charge in [0.15, 0.2) is 9.84 Å². The molecule has 0 saturated carbocycles. The van der Waals surface area contributed by atoms with Crippen molar-refractivity contribution in [3.8, 4) is 0 Å². The lowest BCUT2D eigenvalue weighted by molar-refractivity contribution is 0.00578. The molecule has 20 heavy (non-hydrogen) atoms. The second kappa shape index (κ2) is 4.69. The second-order valence-corrected chi connectivity index (χ2v) is 8.29. The van der Waals surface area contributed by atoms with Crippen molar-refractivity contribution in [2.45, 2.75) is 43.8 Å². The lowest BCUT2D eigenvalue weighted by atomic mass is 9.84. The summed E-state index contributed by atoms with van der Waals surface area (Å²) >= 11 is 5.88. The monoisotopic (exact) mass is 317 g/mol. The Bertz CT molecular complexity index is 629. The van der Waals surface area contributed by atoms with Gasteiger partial charge in [-0.15, -0.1) is 0 Å². The Morgan fingerprint density at radius 3 is 2.15 bits per heavy atom. The molecule has 1 fully saturated rings. The van der Waals surface area contributed by atoms with Crippen LogP contribution in [0.5, 0.6) is 0 Å². The van der Waals surface area contributed by atoms with Crippen molar-refractivity contribution >= 4 is 34.1 Å². The van der Waals surface area contributed by atoms with Gasteiger partial charge in [-0.3, -0.25) is 4.98 Å². The number of halogens is 1. The third-order valence-corrected chi connectivity index (χ3v) is 5.29. The van der Waals surface area contributed by atoms with Crippen LogP contribution in [-0.2, 0) is 19.1 Å². The molecule has 1 aromatic heterocycles. The first-order valence-corrected chi connectivity index (χ1v) is 8.42. The number of aromatic nitrogens is 1. The zero-order valence-electron chi connectivity index (χ0n) is 12.1. The molecule has 0 unspecified atom stereocenters. The van der Waals surface area contributed by atoms with Gasteiger partial charge in [0.1, 0.15) is 0 Å². The van der Waals surface area contributed by atoms with Crippen LogP contribution in [0.15, 0.2) is 17.2 Å². The maximum atomic E-state index is 11.7. The van der Waals surface area contributed by atoms with E-state index in [0.29, 0.717) is 5.59 Å². The van der Waals surface area contributed by atoms with Crippen molar-refractivity contribution in [3.05, 3.63) is 17.3 Å². The van der Waals surface area contributed by atoms with Crippen molar-refractivity contribution in [3.63, 3.8) is 0 Å². The summed E-state index contributed by atoms with van der Waals surface area (Å²) in [7, 11) is -4.14. The fourth-order valence-electron chi connectivity index (χ4n) is 1.81. The van der Waals surface area contributed by atoms with Gasteiger partial charge in [0.25, 0.3) is 0 Å². The van der Waals surface area contributed by atoms with Gasteiger partial charge >= 0.3 is 7.12 Å². The number of nitrogens with zero attached hydrogens (tertiary/aromatic N) is 1. The van der Waals surface area contributed by atoms with E-state index in [4.69, 9.17) is 20.9 Å². The summed E-state index contributed by atoms with van der Waals surface area (Å²) in [4.78, 5) is 4.15. The fourth-order valence-corrected chi connectivity index (χ4v) is 3.08. The van der Waals surface area contributed by atoms with E-state index in [0.717, 1.165) is 6.26 Å². The van der Waals surface area contributed by atoms with Crippen molar-refractivity contribution in [1.82, 2.24) is 4.98 Å². The number of hydrogen-bond donors (Lipinski definition) is 0. The SMILES string of the molecule is CC1(C)OB(c2cc(S(C)(=O)=O)c(Cl)cn2)OC1(C)C. The van der Waals surface area contributed by atoms with Crippen LogP contribution < -0.4 is 5.59 Å². The molecule has 2 rings (SSSR count). The summed E-state index contributed by atoms with van der Waals surface area (Å²) in [5.74, 6) is 0.